The monoisotopic (exact) mass is 274 g/mol. The fraction of sp³-hybridized carbons (Fsp3) is 0.200. The first-order valence-corrected chi connectivity index (χ1v) is 7.72. The van der Waals surface area contributed by atoms with E-state index in [1.54, 1.807) is 22.7 Å². The van der Waals surface area contributed by atoms with Crippen molar-refractivity contribution in [3.63, 3.8) is 0 Å². The van der Waals surface area contributed by atoms with Gasteiger partial charge in [0.2, 0.25) is 0 Å². The average Bonchev–Trinajstić information content (AvgIpc) is 3.05. The number of hydrogen-bond acceptors (Lipinski definition) is 3. The Balaban J connectivity index is 2.05. The van der Waals surface area contributed by atoms with Crippen molar-refractivity contribution >= 4 is 32.8 Å². The average molecular weight is 274 g/mol. The molecule has 2 aromatic heterocycles. The molecule has 1 N–H and O–H groups in total. The third-order valence-electron chi connectivity index (χ3n) is 3.10. The van der Waals surface area contributed by atoms with Crippen molar-refractivity contribution in [2.45, 2.75) is 19.4 Å². The highest BCUT2D eigenvalue weighted by Gasteiger charge is 2.15. The highest BCUT2D eigenvalue weighted by atomic mass is 32.1. The predicted octanol–water partition coefficient (Wildman–Crippen LogP) is 4.61. The molecule has 0 aliphatic rings. The van der Waals surface area contributed by atoms with Crippen LogP contribution in [0.25, 0.3) is 10.1 Å². The van der Waals surface area contributed by atoms with Crippen LogP contribution in [-0.4, -0.2) is 5.11 Å². The lowest BCUT2D eigenvalue weighted by Gasteiger charge is -2.10. The van der Waals surface area contributed by atoms with Crippen LogP contribution in [0.2, 0.25) is 0 Å². The van der Waals surface area contributed by atoms with Gasteiger partial charge in [0.05, 0.1) is 0 Å². The van der Waals surface area contributed by atoms with Crippen molar-refractivity contribution in [3.05, 3.63) is 57.1 Å². The van der Waals surface area contributed by atoms with Gasteiger partial charge in [0.25, 0.3) is 0 Å². The number of aliphatic hydroxyl groups excluding tert-OH is 1. The van der Waals surface area contributed by atoms with E-state index in [0.717, 1.165) is 16.9 Å². The summed E-state index contributed by atoms with van der Waals surface area (Å²) in [4.78, 5) is 2.36. The molecule has 92 valence electrons. The molecule has 0 fully saturated rings. The van der Waals surface area contributed by atoms with E-state index < -0.39 is 6.10 Å². The smallest absolute Gasteiger partial charge is 0.115 e. The third kappa shape index (κ3) is 1.99. The fourth-order valence-corrected chi connectivity index (χ4v) is 4.01. The molecule has 0 aliphatic carbocycles. The molecule has 1 nitrogen and oxygen atoms in total. The second-order valence-electron chi connectivity index (χ2n) is 4.25. The van der Waals surface area contributed by atoms with Crippen molar-refractivity contribution < 1.29 is 5.11 Å². The quantitative estimate of drug-likeness (QED) is 0.739. The minimum Gasteiger partial charge on any atom is -0.383 e. The SMILES string of the molecule is CCc1ccc(C(O)c2cccc3ccsc23)s1. The van der Waals surface area contributed by atoms with Crippen LogP contribution in [-0.2, 0) is 6.42 Å². The van der Waals surface area contributed by atoms with Crippen LogP contribution in [0, 0.1) is 0 Å². The van der Waals surface area contributed by atoms with Gasteiger partial charge in [-0.2, -0.15) is 0 Å². The molecule has 18 heavy (non-hydrogen) atoms. The number of fused-ring (bicyclic) bond motifs is 1. The lowest BCUT2D eigenvalue weighted by Crippen LogP contribution is -1.96. The predicted molar refractivity (Wildman–Crippen MR) is 79.6 cm³/mol. The van der Waals surface area contributed by atoms with Gasteiger partial charge < -0.3 is 5.11 Å². The minimum atomic E-state index is -0.502. The summed E-state index contributed by atoms with van der Waals surface area (Å²) < 4.78 is 1.19. The van der Waals surface area contributed by atoms with E-state index in [1.165, 1.54) is 15.0 Å². The molecule has 3 heteroatoms. The Bertz CT molecular complexity index is 666. The first-order valence-electron chi connectivity index (χ1n) is 6.02. The Hall–Kier alpha value is -1.16. The zero-order valence-corrected chi connectivity index (χ0v) is 11.7. The van der Waals surface area contributed by atoms with Gasteiger partial charge >= 0.3 is 0 Å². The van der Waals surface area contributed by atoms with Crippen molar-refractivity contribution in [2.24, 2.45) is 0 Å². The standard InChI is InChI=1S/C15H14OS2/c1-2-11-6-7-13(18-11)14(16)12-5-3-4-10-8-9-17-15(10)12/h3-9,14,16H,2H2,1H3. The molecule has 1 atom stereocenters. The van der Waals surface area contributed by atoms with Gasteiger partial charge in [0.1, 0.15) is 6.10 Å². The second-order valence-corrected chi connectivity index (χ2v) is 6.36. The van der Waals surface area contributed by atoms with Crippen LogP contribution < -0.4 is 0 Å². The molecular formula is C15H14OS2. The van der Waals surface area contributed by atoms with E-state index in [1.807, 2.05) is 18.2 Å². The van der Waals surface area contributed by atoms with Gasteiger partial charge in [-0.3, -0.25) is 0 Å². The van der Waals surface area contributed by atoms with Crippen LogP contribution in [0.4, 0.5) is 0 Å². The van der Waals surface area contributed by atoms with Crippen LogP contribution in [0.3, 0.4) is 0 Å². The molecule has 0 aliphatic heterocycles. The third-order valence-corrected chi connectivity index (χ3v) is 5.37. The molecule has 0 spiro atoms. The van der Waals surface area contributed by atoms with E-state index >= 15 is 0 Å². The first kappa shape index (κ1) is 11.9. The van der Waals surface area contributed by atoms with Crippen molar-refractivity contribution in [2.75, 3.05) is 0 Å². The molecule has 3 rings (SSSR count). The summed E-state index contributed by atoms with van der Waals surface area (Å²) >= 11 is 3.40. The van der Waals surface area contributed by atoms with Crippen molar-refractivity contribution in [3.8, 4) is 0 Å². The maximum Gasteiger partial charge on any atom is 0.115 e. The number of thiophene rings is 2. The first-order chi connectivity index (χ1) is 8.79. The molecule has 2 heterocycles. The lowest BCUT2D eigenvalue weighted by molar-refractivity contribution is 0.226. The van der Waals surface area contributed by atoms with Gasteiger partial charge in [0, 0.05) is 20.0 Å². The molecule has 1 unspecified atom stereocenters. The van der Waals surface area contributed by atoms with Crippen molar-refractivity contribution in [1.29, 1.82) is 0 Å². The summed E-state index contributed by atoms with van der Waals surface area (Å²) in [6.45, 7) is 2.14. The maximum absolute atomic E-state index is 10.5. The van der Waals surface area contributed by atoms with Crippen LogP contribution >= 0.6 is 22.7 Å². The Kier molecular flexibility index (Phi) is 3.20. The van der Waals surface area contributed by atoms with E-state index in [-0.39, 0.29) is 0 Å². The number of hydrogen-bond donors (Lipinski definition) is 1. The number of aliphatic hydroxyl groups is 1. The highest BCUT2D eigenvalue weighted by Crippen LogP contribution is 2.34. The topological polar surface area (TPSA) is 20.2 Å². The summed E-state index contributed by atoms with van der Waals surface area (Å²) in [7, 11) is 0. The molecular weight excluding hydrogens is 260 g/mol. The lowest BCUT2D eigenvalue weighted by atomic mass is 10.1. The normalized spacial score (nSPS) is 13.0. The Morgan fingerprint density at radius 2 is 2.06 bits per heavy atom. The highest BCUT2D eigenvalue weighted by molar-refractivity contribution is 7.17. The molecule has 1 aromatic carbocycles. The molecule has 0 amide bonds. The molecule has 0 radical (unpaired) electrons. The summed E-state index contributed by atoms with van der Waals surface area (Å²) in [5.74, 6) is 0. The summed E-state index contributed by atoms with van der Waals surface area (Å²) in [5.41, 5.74) is 1.02. The van der Waals surface area contributed by atoms with Gasteiger partial charge in [-0.25, -0.2) is 0 Å². The summed E-state index contributed by atoms with van der Waals surface area (Å²) in [6, 6.07) is 12.4. The second kappa shape index (κ2) is 4.84. The van der Waals surface area contributed by atoms with E-state index in [2.05, 4.69) is 30.5 Å². The summed E-state index contributed by atoms with van der Waals surface area (Å²) in [5, 5.41) is 13.8. The van der Waals surface area contributed by atoms with E-state index in [4.69, 9.17) is 0 Å². The fourth-order valence-electron chi connectivity index (χ4n) is 2.12. The zero-order valence-electron chi connectivity index (χ0n) is 10.1. The zero-order chi connectivity index (χ0) is 12.5. The number of benzene rings is 1. The minimum absolute atomic E-state index is 0.502. The van der Waals surface area contributed by atoms with Gasteiger partial charge in [0.15, 0.2) is 0 Å². The Labute approximate surface area is 114 Å². The molecule has 3 aromatic rings. The number of aryl methyl sites for hydroxylation is 1. The largest absolute Gasteiger partial charge is 0.383 e. The van der Waals surface area contributed by atoms with E-state index in [0.29, 0.717) is 0 Å². The number of rotatable bonds is 3. The Morgan fingerprint density at radius 3 is 2.83 bits per heavy atom. The van der Waals surface area contributed by atoms with Gasteiger partial charge in [-0.05, 0) is 35.4 Å². The van der Waals surface area contributed by atoms with Crippen molar-refractivity contribution in [1.82, 2.24) is 0 Å². The molecule has 0 saturated heterocycles. The maximum atomic E-state index is 10.5. The van der Waals surface area contributed by atoms with Gasteiger partial charge in [-0.15, -0.1) is 22.7 Å². The Morgan fingerprint density at radius 1 is 1.17 bits per heavy atom. The molecule has 0 saturated carbocycles. The van der Waals surface area contributed by atoms with Crippen LogP contribution in [0.5, 0.6) is 0 Å². The summed E-state index contributed by atoms with van der Waals surface area (Å²) in [6.07, 6.45) is 0.526. The van der Waals surface area contributed by atoms with Crippen LogP contribution in [0.1, 0.15) is 28.3 Å². The van der Waals surface area contributed by atoms with Gasteiger partial charge in [-0.1, -0.05) is 25.1 Å². The molecule has 0 bridgehead atoms. The van der Waals surface area contributed by atoms with E-state index in [9.17, 15) is 5.11 Å². The van der Waals surface area contributed by atoms with Crippen LogP contribution in [0.15, 0.2) is 41.8 Å².